The maximum atomic E-state index is 5.94. The molecule has 1 heterocycles. The molecule has 17 heavy (non-hydrogen) atoms. The van der Waals surface area contributed by atoms with Gasteiger partial charge in [0.1, 0.15) is 0 Å². The number of halogens is 1. The summed E-state index contributed by atoms with van der Waals surface area (Å²) >= 11 is 7.58. The largest absolute Gasteiger partial charge is 0.385 e. The van der Waals surface area contributed by atoms with E-state index in [1.54, 1.807) is 18.4 Å². The van der Waals surface area contributed by atoms with Crippen LogP contribution in [0, 0.1) is 5.41 Å². The smallest absolute Gasteiger partial charge is 0.0931 e. The van der Waals surface area contributed by atoms with E-state index < -0.39 is 0 Å². The molecule has 4 heteroatoms. The first kappa shape index (κ1) is 15.0. The van der Waals surface area contributed by atoms with Gasteiger partial charge in [0.05, 0.1) is 4.34 Å². The van der Waals surface area contributed by atoms with Crippen LogP contribution >= 0.6 is 22.9 Å². The molecule has 0 saturated heterocycles. The van der Waals surface area contributed by atoms with E-state index in [1.165, 1.54) is 4.88 Å². The third-order valence-electron chi connectivity index (χ3n) is 2.89. The van der Waals surface area contributed by atoms with E-state index >= 15 is 0 Å². The topological polar surface area (TPSA) is 21.3 Å². The van der Waals surface area contributed by atoms with Gasteiger partial charge in [-0.3, -0.25) is 0 Å². The predicted molar refractivity (Wildman–Crippen MR) is 76.0 cm³/mol. The molecule has 0 saturated carbocycles. The van der Waals surface area contributed by atoms with E-state index in [4.69, 9.17) is 16.3 Å². The Kier molecular flexibility index (Phi) is 5.93. The molecule has 0 aliphatic carbocycles. The molecule has 1 N–H and O–H groups in total. The lowest BCUT2D eigenvalue weighted by Crippen LogP contribution is -2.31. The van der Waals surface area contributed by atoms with Gasteiger partial charge in [-0.15, -0.1) is 11.3 Å². The van der Waals surface area contributed by atoms with Gasteiger partial charge in [-0.1, -0.05) is 25.4 Å². The molecule has 98 valence electrons. The lowest BCUT2D eigenvalue weighted by atomic mass is 9.89. The van der Waals surface area contributed by atoms with Crippen molar-refractivity contribution >= 4 is 22.9 Å². The molecule has 1 aromatic rings. The molecule has 1 rings (SSSR count). The molecule has 0 aromatic carbocycles. The van der Waals surface area contributed by atoms with Crippen LogP contribution < -0.4 is 5.32 Å². The lowest BCUT2D eigenvalue weighted by Gasteiger charge is -2.26. The molecule has 0 radical (unpaired) electrons. The average Bonchev–Trinajstić information content (AvgIpc) is 2.70. The Balaban J connectivity index is 2.39. The van der Waals surface area contributed by atoms with E-state index in [1.807, 2.05) is 6.07 Å². The number of thiophene rings is 1. The Labute approximate surface area is 113 Å². The van der Waals surface area contributed by atoms with E-state index in [0.717, 1.165) is 23.9 Å². The molecule has 1 unspecified atom stereocenters. The zero-order valence-electron chi connectivity index (χ0n) is 11.0. The summed E-state index contributed by atoms with van der Waals surface area (Å²) in [5, 5.41) is 3.56. The molecule has 0 amide bonds. The first-order chi connectivity index (χ1) is 7.94. The van der Waals surface area contributed by atoms with E-state index in [9.17, 15) is 0 Å². The van der Waals surface area contributed by atoms with E-state index in [0.29, 0.717) is 6.04 Å². The van der Waals surface area contributed by atoms with Crippen molar-refractivity contribution < 1.29 is 4.74 Å². The Bertz CT molecular complexity index is 338. The van der Waals surface area contributed by atoms with Crippen molar-refractivity contribution in [2.24, 2.45) is 5.41 Å². The Morgan fingerprint density at radius 1 is 1.47 bits per heavy atom. The first-order valence-electron chi connectivity index (χ1n) is 5.92. The van der Waals surface area contributed by atoms with Crippen molar-refractivity contribution in [1.82, 2.24) is 5.32 Å². The van der Waals surface area contributed by atoms with Crippen LogP contribution in [0.5, 0.6) is 0 Å². The van der Waals surface area contributed by atoms with Crippen LogP contribution in [0.4, 0.5) is 0 Å². The van der Waals surface area contributed by atoms with Crippen LogP contribution in [0.1, 0.15) is 38.1 Å². The van der Waals surface area contributed by atoms with Gasteiger partial charge in [0.15, 0.2) is 0 Å². The summed E-state index contributed by atoms with van der Waals surface area (Å²) in [6.45, 7) is 8.48. The monoisotopic (exact) mass is 275 g/mol. The summed E-state index contributed by atoms with van der Waals surface area (Å²) < 4.78 is 5.98. The minimum Gasteiger partial charge on any atom is -0.385 e. The van der Waals surface area contributed by atoms with E-state index in [2.05, 4.69) is 32.2 Å². The number of hydrogen-bond donors (Lipinski definition) is 1. The van der Waals surface area contributed by atoms with Gasteiger partial charge in [0.2, 0.25) is 0 Å². The highest BCUT2D eigenvalue weighted by molar-refractivity contribution is 7.16. The Morgan fingerprint density at radius 2 is 2.18 bits per heavy atom. The number of methoxy groups -OCH3 is 1. The standard InChI is InChI=1S/C13H22ClNOS/c1-10(11-5-6-12(14)17-11)15-9-13(2,3)7-8-16-4/h5-6,10,15H,7-9H2,1-4H3. The van der Waals surface area contributed by atoms with Crippen LogP contribution in [0.15, 0.2) is 12.1 Å². The molecule has 0 bridgehead atoms. The van der Waals surface area contributed by atoms with E-state index in [-0.39, 0.29) is 5.41 Å². The molecule has 0 aliphatic heterocycles. The van der Waals surface area contributed by atoms with Gasteiger partial charge in [-0.05, 0) is 30.9 Å². The molecule has 0 aliphatic rings. The number of nitrogens with one attached hydrogen (secondary N) is 1. The fraction of sp³-hybridized carbons (Fsp3) is 0.692. The zero-order chi connectivity index (χ0) is 12.9. The Morgan fingerprint density at radius 3 is 2.71 bits per heavy atom. The fourth-order valence-electron chi connectivity index (χ4n) is 1.56. The lowest BCUT2D eigenvalue weighted by molar-refractivity contribution is 0.149. The second kappa shape index (κ2) is 6.74. The van der Waals surface area contributed by atoms with Crippen molar-refractivity contribution in [3.8, 4) is 0 Å². The zero-order valence-corrected chi connectivity index (χ0v) is 12.6. The number of rotatable bonds is 7. The van der Waals surface area contributed by atoms with Crippen molar-refractivity contribution in [3.05, 3.63) is 21.3 Å². The van der Waals surface area contributed by atoms with Gasteiger partial charge in [0.25, 0.3) is 0 Å². The highest BCUT2D eigenvalue weighted by Gasteiger charge is 2.19. The molecular weight excluding hydrogens is 254 g/mol. The fourth-order valence-corrected chi connectivity index (χ4v) is 2.65. The molecule has 2 nitrogen and oxygen atoms in total. The maximum absolute atomic E-state index is 5.94. The van der Waals surface area contributed by atoms with Crippen molar-refractivity contribution in [1.29, 1.82) is 0 Å². The van der Waals surface area contributed by atoms with Gasteiger partial charge >= 0.3 is 0 Å². The summed E-state index contributed by atoms with van der Waals surface area (Å²) in [7, 11) is 1.75. The van der Waals surface area contributed by atoms with Crippen LogP contribution in [-0.2, 0) is 4.74 Å². The summed E-state index contributed by atoms with van der Waals surface area (Å²) in [5.41, 5.74) is 0.255. The normalized spacial score (nSPS) is 13.9. The second-order valence-electron chi connectivity index (χ2n) is 5.15. The van der Waals surface area contributed by atoms with Crippen molar-refractivity contribution in [2.45, 2.75) is 33.2 Å². The van der Waals surface area contributed by atoms with Crippen molar-refractivity contribution in [2.75, 3.05) is 20.3 Å². The average molecular weight is 276 g/mol. The van der Waals surface area contributed by atoms with Crippen molar-refractivity contribution in [3.63, 3.8) is 0 Å². The van der Waals surface area contributed by atoms with Gasteiger partial charge in [0, 0.05) is 31.2 Å². The predicted octanol–water partition coefficient (Wildman–Crippen LogP) is 4.11. The third-order valence-corrected chi connectivity index (χ3v) is 4.30. The SMILES string of the molecule is COCCC(C)(C)CNC(C)c1ccc(Cl)s1. The van der Waals surface area contributed by atoms with Crippen LogP contribution in [0.25, 0.3) is 0 Å². The third kappa shape index (κ3) is 5.38. The number of ether oxygens (including phenoxy) is 1. The summed E-state index contributed by atoms with van der Waals surface area (Å²) in [4.78, 5) is 1.29. The molecule has 0 spiro atoms. The molecule has 0 fully saturated rings. The summed E-state index contributed by atoms with van der Waals surface area (Å²) in [6.07, 6.45) is 1.06. The summed E-state index contributed by atoms with van der Waals surface area (Å²) in [6, 6.07) is 4.40. The van der Waals surface area contributed by atoms with Crippen LogP contribution in [-0.4, -0.2) is 20.3 Å². The van der Waals surface area contributed by atoms with Gasteiger partial charge < -0.3 is 10.1 Å². The summed E-state index contributed by atoms with van der Waals surface area (Å²) in [5.74, 6) is 0. The van der Waals surface area contributed by atoms with Gasteiger partial charge in [-0.25, -0.2) is 0 Å². The number of hydrogen-bond acceptors (Lipinski definition) is 3. The highest BCUT2D eigenvalue weighted by atomic mass is 35.5. The van der Waals surface area contributed by atoms with Crippen LogP contribution in [0.3, 0.4) is 0 Å². The Hall–Kier alpha value is -0.0900. The molecule has 1 atom stereocenters. The highest BCUT2D eigenvalue weighted by Crippen LogP contribution is 2.27. The quantitative estimate of drug-likeness (QED) is 0.808. The molecule has 1 aromatic heterocycles. The second-order valence-corrected chi connectivity index (χ2v) is 6.90. The minimum atomic E-state index is 0.255. The first-order valence-corrected chi connectivity index (χ1v) is 7.11. The maximum Gasteiger partial charge on any atom is 0.0931 e. The minimum absolute atomic E-state index is 0.255. The van der Waals surface area contributed by atoms with Crippen LogP contribution in [0.2, 0.25) is 4.34 Å². The van der Waals surface area contributed by atoms with Gasteiger partial charge in [-0.2, -0.15) is 0 Å². The molecular formula is C13H22ClNOS.